The van der Waals surface area contributed by atoms with Crippen LogP contribution in [0.1, 0.15) is 39.5 Å². The number of hydrogen-bond donors (Lipinski definition) is 0. The molecule has 0 spiro atoms. The minimum atomic E-state index is 0.852. The summed E-state index contributed by atoms with van der Waals surface area (Å²) in [5.41, 5.74) is 1.53. The smallest absolute Gasteiger partial charge is 0.0206 e. The van der Waals surface area contributed by atoms with Crippen molar-refractivity contribution >= 4 is 0 Å². The van der Waals surface area contributed by atoms with Crippen LogP contribution in [-0.2, 0) is 0 Å². The van der Waals surface area contributed by atoms with E-state index in [9.17, 15) is 0 Å². The van der Waals surface area contributed by atoms with Crippen molar-refractivity contribution in [3.05, 3.63) is 12.2 Å². The second-order valence-corrected chi connectivity index (χ2v) is 3.36. The van der Waals surface area contributed by atoms with Crippen LogP contribution in [0.5, 0.6) is 0 Å². The van der Waals surface area contributed by atoms with Crippen molar-refractivity contribution in [2.24, 2.45) is 11.8 Å². The minimum absolute atomic E-state index is 0.852. The van der Waals surface area contributed by atoms with Crippen LogP contribution in [-0.4, -0.2) is 0 Å². The highest BCUT2D eigenvalue weighted by atomic mass is 14.3. The third kappa shape index (κ3) is 1.25. The highest BCUT2D eigenvalue weighted by molar-refractivity contribution is 5.10. The zero-order chi connectivity index (χ0) is 7.56. The van der Waals surface area contributed by atoms with Gasteiger partial charge < -0.3 is 0 Å². The van der Waals surface area contributed by atoms with Gasteiger partial charge in [-0.15, -0.1) is 0 Å². The quantitative estimate of drug-likeness (QED) is 0.513. The van der Waals surface area contributed by atoms with Crippen LogP contribution in [0.2, 0.25) is 0 Å². The van der Waals surface area contributed by atoms with E-state index in [4.69, 9.17) is 0 Å². The Morgan fingerprint density at radius 3 is 1.80 bits per heavy atom. The van der Waals surface area contributed by atoms with Crippen LogP contribution >= 0.6 is 0 Å². The molecule has 1 aliphatic rings. The molecule has 0 amide bonds. The van der Waals surface area contributed by atoms with Gasteiger partial charge in [-0.05, 0) is 37.5 Å². The van der Waals surface area contributed by atoms with Gasteiger partial charge in [-0.1, -0.05) is 26.0 Å². The molecule has 1 aliphatic carbocycles. The number of rotatable bonds is 2. The van der Waals surface area contributed by atoms with Gasteiger partial charge in [0, 0.05) is 0 Å². The Bertz CT molecular complexity index is 110. The summed E-state index contributed by atoms with van der Waals surface area (Å²) >= 11 is 0. The van der Waals surface area contributed by atoms with Gasteiger partial charge >= 0.3 is 0 Å². The van der Waals surface area contributed by atoms with Gasteiger partial charge in [-0.3, -0.25) is 0 Å². The van der Waals surface area contributed by atoms with E-state index in [-0.39, 0.29) is 0 Å². The molecule has 1 saturated carbocycles. The van der Waals surface area contributed by atoms with E-state index >= 15 is 0 Å². The van der Waals surface area contributed by atoms with E-state index in [1.165, 1.54) is 31.3 Å². The molecule has 58 valence electrons. The molecule has 0 radical (unpaired) electrons. The summed E-state index contributed by atoms with van der Waals surface area (Å²) in [4.78, 5) is 0. The number of hydrogen-bond acceptors (Lipinski definition) is 0. The molecule has 0 bridgehead atoms. The van der Waals surface area contributed by atoms with Gasteiger partial charge in [-0.25, -0.2) is 0 Å². The molecule has 2 unspecified atom stereocenters. The maximum atomic E-state index is 4.16. The Labute approximate surface area is 64.3 Å². The van der Waals surface area contributed by atoms with Crippen molar-refractivity contribution in [3.63, 3.8) is 0 Å². The Kier molecular flexibility index (Phi) is 2.53. The SMILES string of the molecule is C=C1C(CC)CCC1CC. The third-order valence-corrected chi connectivity index (χ3v) is 2.90. The summed E-state index contributed by atoms with van der Waals surface area (Å²) in [5, 5.41) is 0. The molecule has 0 aromatic carbocycles. The molecule has 0 heteroatoms. The predicted octanol–water partition coefficient (Wildman–Crippen LogP) is 3.39. The molecule has 0 saturated heterocycles. The van der Waals surface area contributed by atoms with E-state index in [1.54, 1.807) is 0 Å². The maximum absolute atomic E-state index is 4.16. The molecule has 1 fully saturated rings. The predicted molar refractivity (Wildman–Crippen MR) is 45.9 cm³/mol. The third-order valence-electron chi connectivity index (χ3n) is 2.90. The fourth-order valence-corrected chi connectivity index (χ4v) is 2.04. The first-order valence-electron chi connectivity index (χ1n) is 4.48. The van der Waals surface area contributed by atoms with Crippen LogP contribution in [0, 0.1) is 11.8 Å². The Hall–Kier alpha value is -0.260. The Balaban J connectivity index is 2.49. The molecule has 1 rings (SSSR count). The van der Waals surface area contributed by atoms with Crippen molar-refractivity contribution in [2.45, 2.75) is 39.5 Å². The second kappa shape index (κ2) is 3.23. The summed E-state index contributed by atoms with van der Waals surface area (Å²) in [6, 6.07) is 0. The monoisotopic (exact) mass is 138 g/mol. The van der Waals surface area contributed by atoms with E-state index in [0.29, 0.717) is 0 Å². The van der Waals surface area contributed by atoms with Crippen LogP contribution in [0.4, 0.5) is 0 Å². The first-order chi connectivity index (χ1) is 4.79. The van der Waals surface area contributed by atoms with Crippen molar-refractivity contribution < 1.29 is 0 Å². The second-order valence-electron chi connectivity index (χ2n) is 3.36. The molecule has 0 N–H and O–H groups in total. The van der Waals surface area contributed by atoms with Crippen molar-refractivity contribution in [1.82, 2.24) is 0 Å². The lowest BCUT2D eigenvalue weighted by atomic mass is 9.95. The highest BCUT2D eigenvalue weighted by Gasteiger charge is 2.25. The largest absolute Gasteiger partial charge is 0.0993 e. The Morgan fingerprint density at radius 1 is 1.20 bits per heavy atom. The topological polar surface area (TPSA) is 0 Å². The summed E-state index contributed by atoms with van der Waals surface area (Å²) in [7, 11) is 0. The van der Waals surface area contributed by atoms with Gasteiger partial charge in [0.15, 0.2) is 0 Å². The van der Waals surface area contributed by atoms with Crippen molar-refractivity contribution in [3.8, 4) is 0 Å². The van der Waals surface area contributed by atoms with Gasteiger partial charge in [0.05, 0.1) is 0 Å². The van der Waals surface area contributed by atoms with Gasteiger partial charge in [-0.2, -0.15) is 0 Å². The molecule has 2 atom stereocenters. The van der Waals surface area contributed by atoms with E-state index in [1.807, 2.05) is 0 Å². The fourth-order valence-electron chi connectivity index (χ4n) is 2.04. The lowest BCUT2D eigenvalue weighted by Gasteiger charge is -2.10. The summed E-state index contributed by atoms with van der Waals surface area (Å²) in [5.74, 6) is 1.70. The average Bonchev–Trinajstić information content (AvgIpc) is 2.30. The van der Waals surface area contributed by atoms with Crippen LogP contribution in [0.3, 0.4) is 0 Å². The first kappa shape index (κ1) is 7.84. The lowest BCUT2D eigenvalue weighted by molar-refractivity contribution is 0.601. The normalized spacial score (nSPS) is 33.2. The molecule has 0 aliphatic heterocycles. The van der Waals surface area contributed by atoms with E-state index < -0.39 is 0 Å². The van der Waals surface area contributed by atoms with Gasteiger partial charge in [0.25, 0.3) is 0 Å². The Morgan fingerprint density at radius 2 is 1.60 bits per heavy atom. The lowest BCUT2D eigenvalue weighted by Crippen LogP contribution is -1.98. The first-order valence-corrected chi connectivity index (χ1v) is 4.48. The van der Waals surface area contributed by atoms with Crippen molar-refractivity contribution in [2.75, 3.05) is 0 Å². The van der Waals surface area contributed by atoms with E-state index in [0.717, 1.165) is 11.8 Å². The van der Waals surface area contributed by atoms with E-state index in [2.05, 4.69) is 20.4 Å². The molecular formula is C10H18. The molecule has 10 heavy (non-hydrogen) atoms. The molecule has 0 heterocycles. The minimum Gasteiger partial charge on any atom is -0.0993 e. The van der Waals surface area contributed by atoms with Gasteiger partial charge in [0.1, 0.15) is 0 Å². The fraction of sp³-hybridized carbons (Fsp3) is 0.800. The summed E-state index contributed by atoms with van der Waals surface area (Å²) in [6.45, 7) is 8.70. The number of allylic oxidation sites excluding steroid dienone is 1. The van der Waals surface area contributed by atoms with Gasteiger partial charge in [0.2, 0.25) is 0 Å². The molecule has 0 nitrogen and oxygen atoms in total. The van der Waals surface area contributed by atoms with Crippen molar-refractivity contribution in [1.29, 1.82) is 0 Å². The van der Waals surface area contributed by atoms with Crippen LogP contribution in [0.25, 0.3) is 0 Å². The van der Waals surface area contributed by atoms with Crippen LogP contribution in [0.15, 0.2) is 12.2 Å². The average molecular weight is 138 g/mol. The summed E-state index contributed by atoms with van der Waals surface area (Å²) in [6.07, 6.45) is 5.40. The molecule has 0 aromatic rings. The zero-order valence-corrected chi connectivity index (χ0v) is 7.19. The molecule has 0 aromatic heterocycles. The molecular weight excluding hydrogens is 120 g/mol. The zero-order valence-electron chi connectivity index (χ0n) is 7.19. The summed E-state index contributed by atoms with van der Waals surface area (Å²) < 4.78 is 0. The standard InChI is InChI=1S/C10H18/c1-4-9-6-7-10(5-2)8(9)3/h9-10H,3-7H2,1-2H3. The van der Waals surface area contributed by atoms with Crippen LogP contribution < -0.4 is 0 Å². The maximum Gasteiger partial charge on any atom is -0.0206 e. The highest BCUT2D eigenvalue weighted by Crippen LogP contribution is 2.38.